The number of pyridine rings is 1. The van der Waals surface area contributed by atoms with Crippen LogP contribution >= 0.6 is 0 Å². The number of hydrogen-bond acceptors (Lipinski definition) is 3. The summed E-state index contributed by atoms with van der Waals surface area (Å²) >= 11 is 0. The summed E-state index contributed by atoms with van der Waals surface area (Å²) in [5, 5.41) is 6.66. The zero-order chi connectivity index (χ0) is 17.4. The van der Waals surface area contributed by atoms with Crippen molar-refractivity contribution >= 4 is 22.5 Å². The molecule has 2 aromatic carbocycles. The standard InChI is InChI=1S/C19H15F2N3O/c20-14-6-5-11(9-15(14)21)23-19(25)18-12-3-1-2-4-16(12)24-17-7-8-22-10-13(17)18/h1-6,9,22H,7-8,10H2,(H,23,25). The lowest BCUT2D eigenvalue weighted by Crippen LogP contribution is -2.28. The number of anilines is 1. The lowest BCUT2D eigenvalue weighted by atomic mass is 9.96. The normalized spacial score (nSPS) is 13.5. The molecular formula is C19H15F2N3O. The number of carbonyl (C=O) groups is 1. The van der Waals surface area contributed by atoms with Crippen molar-refractivity contribution in [3.8, 4) is 0 Å². The van der Waals surface area contributed by atoms with Crippen molar-refractivity contribution in [2.75, 3.05) is 11.9 Å². The van der Waals surface area contributed by atoms with Gasteiger partial charge in [-0.15, -0.1) is 0 Å². The number of fused-ring (bicyclic) bond motifs is 2. The van der Waals surface area contributed by atoms with E-state index in [9.17, 15) is 13.6 Å². The fourth-order valence-electron chi connectivity index (χ4n) is 3.15. The van der Waals surface area contributed by atoms with Crippen LogP contribution in [0.1, 0.15) is 21.6 Å². The molecule has 1 aliphatic heterocycles. The molecule has 0 atom stereocenters. The van der Waals surface area contributed by atoms with Crippen LogP contribution in [0.25, 0.3) is 10.9 Å². The van der Waals surface area contributed by atoms with Crippen LogP contribution in [-0.4, -0.2) is 17.4 Å². The minimum Gasteiger partial charge on any atom is -0.322 e. The second-order valence-electron chi connectivity index (χ2n) is 5.94. The Labute approximate surface area is 142 Å². The smallest absolute Gasteiger partial charge is 0.256 e. The summed E-state index contributed by atoms with van der Waals surface area (Å²) in [5.74, 6) is -2.31. The number of amides is 1. The van der Waals surface area contributed by atoms with E-state index < -0.39 is 11.6 Å². The summed E-state index contributed by atoms with van der Waals surface area (Å²) in [4.78, 5) is 17.6. The van der Waals surface area contributed by atoms with Crippen LogP contribution in [0.4, 0.5) is 14.5 Å². The molecule has 0 spiro atoms. The van der Waals surface area contributed by atoms with Gasteiger partial charge in [0.15, 0.2) is 11.6 Å². The Morgan fingerprint density at radius 1 is 1.12 bits per heavy atom. The van der Waals surface area contributed by atoms with E-state index in [4.69, 9.17) is 0 Å². The number of nitrogens with one attached hydrogen (secondary N) is 2. The molecule has 1 aromatic heterocycles. The minimum atomic E-state index is -0.999. The maximum absolute atomic E-state index is 13.4. The molecule has 4 nitrogen and oxygen atoms in total. The Bertz CT molecular complexity index is 988. The van der Waals surface area contributed by atoms with E-state index >= 15 is 0 Å². The third-order valence-electron chi connectivity index (χ3n) is 4.32. The van der Waals surface area contributed by atoms with Gasteiger partial charge < -0.3 is 10.6 Å². The summed E-state index contributed by atoms with van der Waals surface area (Å²) in [6.07, 6.45) is 0.742. The lowest BCUT2D eigenvalue weighted by molar-refractivity contribution is 0.102. The maximum Gasteiger partial charge on any atom is 0.256 e. The van der Waals surface area contributed by atoms with Gasteiger partial charge in [0.1, 0.15) is 0 Å². The van der Waals surface area contributed by atoms with Crippen molar-refractivity contribution in [1.82, 2.24) is 10.3 Å². The van der Waals surface area contributed by atoms with Crippen LogP contribution < -0.4 is 10.6 Å². The molecule has 126 valence electrons. The molecule has 0 fully saturated rings. The van der Waals surface area contributed by atoms with E-state index in [1.165, 1.54) is 6.07 Å². The molecule has 0 aliphatic carbocycles. The van der Waals surface area contributed by atoms with Crippen LogP contribution in [0.2, 0.25) is 0 Å². The number of halogens is 2. The fraction of sp³-hybridized carbons (Fsp3) is 0.158. The van der Waals surface area contributed by atoms with E-state index in [-0.39, 0.29) is 11.6 Å². The fourth-order valence-corrected chi connectivity index (χ4v) is 3.15. The van der Waals surface area contributed by atoms with E-state index in [2.05, 4.69) is 15.6 Å². The van der Waals surface area contributed by atoms with Crippen molar-refractivity contribution in [2.45, 2.75) is 13.0 Å². The van der Waals surface area contributed by atoms with E-state index in [0.29, 0.717) is 12.1 Å². The van der Waals surface area contributed by atoms with Crippen LogP contribution in [0, 0.1) is 11.6 Å². The summed E-state index contributed by atoms with van der Waals surface area (Å²) < 4.78 is 26.5. The first-order chi connectivity index (χ1) is 12.1. The number of carbonyl (C=O) groups excluding carboxylic acids is 1. The second-order valence-corrected chi connectivity index (χ2v) is 5.94. The van der Waals surface area contributed by atoms with Gasteiger partial charge in [-0.3, -0.25) is 9.78 Å². The van der Waals surface area contributed by atoms with Crippen molar-refractivity contribution < 1.29 is 13.6 Å². The number of nitrogens with zero attached hydrogens (tertiary/aromatic N) is 1. The molecule has 0 bridgehead atoms. The largest absolute Gasteiger partial charge is 0.322 e. The predicted octanol–water partition coefficient (Wildman–Crippen LogP) is 3.41. The van der Waals surface area contributed by atoms with Crippen LogP contribution in [0.15, 0.2) is 42.5 Å². The molecule has 2 heterocycles. The molecule has 0 saturated heterocycles. The number of rotatable bonds is 2. The summed E-state index contributed by atoms with van der Waals surface area (Å²) in [7, 11) is 0. The SMILES string of the molecule is O=C(Nc1ccc(F)c(F)c1)c1c2c(nc3ccccc13)CCNC2. The molecule has 6 heteroatoms. The number of hydrogen-bond donors (Lipinski definition) is 2. The summed E-state index contributed by atoms with van der Waals surface area (Å²) in [6, 6.07) is 10.7. The quantitative estimate of drug-likeness (QED) is 0.752. The number of benzene rings is 2. The molecule has 3 aromatic rings. The van der Waals surface area contributed by atoms with Crippen LogP contribution in [-0.2, 0) is 13.0 Å². The summed E-state index contributed by atoms with van der Waals surface area (Å²) in [6.45, 7) is 1.36. The Morgan fingerprint density at radius 2 is 1.96 bits per heavy atom. The van der Waals surface area contributed by atoms with Gasteiger partial charge in [-0.25, -0.2) is 8.78 Å². The molecule has 4 rings (SSSR count). The molecule has 1 amide bonds. The lowest BCUT2D eigenvalue weighted by Gasteiger charge is -2.21. The second kappa shape index (κ2) is 6.22. The molecule has 0 saturated carbocycles. The van der Waals surface area contributed by atoms with Gasteiger partial charge >= 0.3 is 0 Å². The van der Waals surface area contributed by atoms with Gasteiger partial charge in [0, 0.05) is 47.9 Å². The molecular weight excluding hydrogens is 324 g/mol. The zero-order valence-electron chi connectivity index (χ0n) is 13.3. The number of aromatic nitrogens is 1. The van der Waals surface area contributed by atoms with Crippen molar-refractivity contribution in [1.29, 1.82) is 0 Å². The molecule has 0 unspecified atom stereocenters. The first kappa shape index (κ1) is 15.7. The summed E-state index contributed by atoms with van der Waals surface area (Å²) in [5.41, 5.74) is 3.23. The first-order valence-electron chi connectivity index (χ1n) is 8.01. The van der Waals surface area contributed by atoms with Gasteiger partial charge in [-0.2, -0.15) is 0 Å². The minimum absolute atomic E-state index is 0.210. The van der Waals surface area contributed by atoms with E-state index in [0.717, 1.165) is 47.3 Å². The average Bonchev–Trinajstić information content (AvgIpc) is 2.62. The Morgan fingerprint density at radius 3 is 2.80 bits per heavy atom. The highest BCUT2D eigenvalue weighted by molar-refractivity contribution is 6.13. The monoisotopic (exact) mass is 339 g/mol. The van der Waals surface area contributed by atoms with Gasteiger partial charge in [-0.05, 0) is 18.2 Å². The third kappa shape index (κ3) is 2.85. The Balaban J connectivity index is 1.81. The highest BCUT2D eigenvalue weighted by Gasteiger charge is 2.22. The third-order valence-corrected chi connectivity index (χ3v) is 4.32. The predicted molar refractivity (Wildman–Crippen MR) is 91.5 cm³/mol. The first-order valence-corrected chi connectivity index (χ1v) is 8.01. The van der Waals surface area contributed by atoms with Crippen LogP contribution in [0.3, 0.4) is 0 Å². The topological polar surface area (TPSA) is 54.0 Å². The van der Waals surface area contributed by atoms with Gasteiger partial charge in [0.05, 0.1) is 11.1 Å². The van der Waals surface area contributed by atoms with Crippen LogP contribution in [0.5, 0.6) is 0 Å². The Hall–Kier alpha value is -2.86. The molecule has 25 heavy (non-hydrogen) atoms. The van der Waals surface area contributed by atoms with Crippen molar-refractivity contribution in [2.24, 2.45) is 0 Å². The maximum atomic E-state index is 13.4. The highest BCUT2D eigenvalue weighted by atomic mass is 19.2. The molecule has 2 N–H and O–H groups in total. The molecule has 1 aliphatic rings. The van der Waals surface area contributed by atoms with Gasteiger partial charge in [0.25, 0.3) is 5.91 Å². The highest BCUT2D eigenvalue weighted by Crippen LogP contribution is 2.27. The Kier molecular flexibility index (Phi) is 3.89. The van der Waals surface area contributed by atoms with Gasteiger partial charge in [0.2, 0.25) is 0 Å². The van der Waals surface area contributed by atoms with E-state index in [1.807, 2.05) is 24.3 Å². The number of para-hydroxylation sites is 1. The average molecular weight is 339 g/mol. The molecule has 0 radical (unpaired) electrons. The van der Waals surface area contributed by atoms with E-state index in [1.54, 1.807) is 0 Å². The van der Waals surface area contributed by atoms with Crippen molar-refractivity contribution in [3.05, 3.63) is 70.9 Å². The van der Waals surface area contributed by atoms with Crippen molar-refractivity contribution in [3.63, 3.8) is 0 Å². The zero-order valence-corrected chi connectivity index (χ0v) is 13.3. The van der Waals surface area contributed by atoms with Gasteiger partial charge in [-0.1, -0.05) is 18.2 Å².